The summed E-state index contributed by atoms with van der Waals surface area (Å²) in [7, 11) is -0.238. The molecule has 0 saturated heterocycles. The van der Waals surface area contributed by atoms with Gasteiger partial charge in [-0.25, -0.2) is 0 Å². The molecule has 10 heavy (non-hydrogen) atoms. The van der Waals surface area contributed by atoms with Crippen LogP contribution in [0.2, 0.25) is 6.04 Å². The van der Waals surface area contributed by atoms with Gasteiger partial charge in [0.1, 0.15) is 8.83 Å². The summed E-state index contributed by atoms with van der Waals surface area (Å²) in [4.78, 5) is 0. The summed E-state index contributed by atoms with van der Waals surface area (Å²) in [5, 5.41) is 0. The third kappa shape index (κ3) is 2.89. The van der Waals surface area contributed by atoms with Gasteiger partial charge in [-0.2, -0.15) is 11.1 Å². The molecule has 0 amide bonds. The van der Waals surface area contributed by atoms with E-state index in [2.05, 4.69) is 12.2 Å². The third-order valence-electron chi connectivity index (χ3n) is 2.08. The number of rotatable bonds is 3. The molecule has 0 aromatic rings. The Kier molecular flexibility index (Phi) is 4.15. The highest BCUT2D eigenvalue weighted by atomic mass is 35.6. The normalized spacial score (nSPS) is 22.1. The van der Waals surface area contributed by atoms with Crippen LogP contribution in [0.3, 0.4) is 0 Å². The van der Waals surface area contributed by atoms with Crippen molar-refractivity contribution in [3.63, 3.8) is 0 Å². The number of hydrogen-bond donors (Lipinski definition) is 0. The maximum absolute atomic E-state index is 5.67. The van der Waals surface area contributed by atoms with Gasteiger partial charge in [-0.15, -0.1) is 0 Å². The Morgan fingerprint density at radius 3 is 2.70 bits per heavy atom. The van der Waals surface area contributed by atoms with Crippen LogP contribution in [-0.2, 0) is 0 Å². The minimum Gasteiger partial charge on any atom is -0.176 e. The number of hydrogen-bond acceptors (Lipinski definition) is 0. The predicted octanol–water partition coefficient (Wildman–Crippen LogP) is 2.47. The topological polar surface area (TPSA) is 0 Å². The Bertz CT molecular complexity index is 106. The van der Waals surface area contributed by atoms with Crippen LogP contribution in [0.1, 0.15) is 25.7 Å². The lowest BCUT2D eigenvalue weighted by Gasteiger charge is -1.98. The average Bonchev–Trinajstić information content (AvgIpc) is 2.41. The molecule has 1 saturated carbocycles. The van der Waals surface area contributed by atoms with Crippen LogP contribution in [0, 0.1) is 5.92 Å². The van der Waals surface area contributed by atoms with Crippen molar-refractivity contribution in [3.8, 4) is 0 Å². The molecule has 0 nitrogen and oxygen atoms in total. The van der Waals surface area contributed by atoms with Crippen LogP contribution in [0.15, 0.2) is 12.2 Å². The van der Waals surface area contributed by atoms with Crippen molar-refractivity contribution in [1.29, 1.82) is 0 Å². The SMILES string of the molecule is Cl[SiH2]CC=CC1CCCC1. The lowest BCUT2D eigenvalue weighted by Crippen LogP contribution is -1.85. The van der Waals surface area contributed by atoms with E-state index in [0.717, 1.165) is 5.92 Å². The standard InChI is InChI=1S/C8H15ClSi/c9-10-7-3-6-8-4-1-2-5-8/h3,6,8H,1-2,4-5,7,10H2. The second kappa shape index (κ2) is 4.97. The molecule has 0 aromatic carbocycles. The minimum absolute atomic E-state index is 0.238. The molecular formula is C8H15ClSi. The smallest absolute Gasteiger partial charge is 0.129 e. The van der Waals surface area contributed by atoms with E-state index in [4.69, 9.17) is 11.1 Å². The molecule has 1 rings (SSSR count). The zero-order valence-corrected chi connectivity index (χ0v) is 8.52. The second-order valence-corrected chi connectivity index (χ2v) is 5.04. The van der Waals surface area contributed by atoms with Gasteiger partial charge < -0.3 is 0 Å². The zero-order chi connectivity index (χ0) is 7.23. The summed E-state index contributed by atoms with van der Waals surface area (Å²) in [5.74, 6) is 0.900. The summed E-state index contributed by atoms with van der Waals surface area (Å²) in [5.41, 5.74) is 0. The van der Waals surface area contributed by atoms with E-state index < -0.39 is 0 Å². The van der Waals surface area contributed by atoms with Crippen molar-refractivity contribution in [1.82, 2.24) is 0 Å². The Morgan fingerprint density at radius 1 is 1.40 bits per heavy atom. The Morgan fingerprint density at radius 2 is 2.10 bits per heavy atom. The maximum atomic E-state index is 5.67. The van der Waals surface area contributed by atoms with Gasteiger partial charge in [0.2, 0.25) is 0 Å². The van der Waals surface area contributed by atoms with E-state index in [1.807, 2.05) is 0 Å². The molecular weight excluding hydrogens is 160 g/mol. The van der Waals surface area contributed by atoms with Gasteiger partial charge in [-0.3, -0.25) is 0 Å². The monoisotopic (exact) mass is 174 g/mol. The largest absolute Gasteiger partial charge is 0.176 e. The van der Waals surface area contributed by atoms with Crippen molar-refractivity contribution < 1.29 is 0 Å². The first-order chi connectivity index (χ1) is 4.93. The van der Waals surface area contributed by atoms with Crippen molar-refractivity contribution in [2.45, 2.75) is 31.7 Å². The highest BCUT2D eigenvalue weighted by Gasteiger charge is 2.10. The molecule has 1 aliphatic rings. The molecule has 0 radical (unpaired) electrons. The van der Waals surface area contributed by atoms with Crippen molar-refractivity contribution in [3.05, 3.63) is 12.2 Å². The van der Waals surface area contributed by atoms with Crippen LogP contribution >= 0.6 is 11.1 Å². The van der Waals surface area contributed by atoms with Crippen molar-refractivity contribution >= 4 is 19.9 Å². The fourth-order valence-corrected chi connectivity index (χ4v) is 2.20. The van der Waals surface area contributed by atoms with Crippen LogP contribution in [0.4, 0.5) is 0 Å². The van der Waals surface area contributed by atoms with Gasteiger partial charge in [0, 0.05) is 0 Å². The first-order valence-corrected chi connectivity index (χ1v) is 7.30. The van der Waals surface area contributed by atoms with Gasteiger partial charge in [-0.05, 0) is 24.8 Å². The molecule has 0 aromatic heterocycles. The highest BCUT2D eigenvalue weighted by Crippen LogP contribution is 2.25. The molecule has 0 aliphatic heterocycles. The zero-order valence-electron chi connectivity index (χ0n) is 6.35. The molecule has 1 fully saturated rings. The van der Waals surface area contributed by atoms with Gasteiger partial charge in [-0.1, -0.05) is 25.0 Å². The average molecular weight is 175 g/mol. The molecule has 1 aliphatic carbocycles. The first kappa shape index (κ1) is 8.34. The molecule has 0 atom stereocenters. The fraction of sp³-hybridized carbons (Fsp3) is 0.750. The van der Waals surface area contributed by atoms with E-state index in [1.165, 1.54) is 31.7 Å². The van der Waals surface area contributed by atoms with E-state index in [9.17, 15) is 0 Å². The van der Waals surface area contributed by atoms with E-state index in [-0.39, 0.29) is 8.83 Å². The van der Waals surface area contributed by atoms with E-state index in [1.54, 1.807) is 0 Å². The van der Waals surface area contributed by atoms with E-state index in [0.29, 0.717) is 0 Å². The Balaban J connectivity index is 2.10. The molecule has 0 bridgehead atoms. The van der Waals surface area contributed by atoms with Gasteiger partial charge in [0.05, 0.1) is 0 Å². The highest BCUT2D eigenvalue weighted by molar-refractivity contribution is 6.93. The molecule has 0 N–H and O–H groups in total. The Hall–Kier alpha value is 0.247. The second-order valence-electron chi connectivity index (χ2n) is 2.95. The summed E-state index contributed by atoms with van der Waals surface area (Å²) in [6.07, 6.45) is 10.4. The predicted molar refractivity (Wildman–Crippen MR) is 50.3 cm³/mol. The van der Waals surface area contributed by atoms with Crippen molar-refractivity contribution in [2.24, 2.45) is 5.92 Å². The van der Waals surface area contributed by atoms with Crippen molar-refractivity contribution in [2.75, 3.05) is 0 Å². The number of allylic oxidation sites excluding steroid dienone is 2. The summed E-state index contributed by atoms with van der Waals surface area (Å²) in [6.45, 7) is 0. The summed E-state index contributed by atoms with van der Waals surface area (Å²) >= 11 is 5.67. The number of halogens is 1. The van der Waals surface area contributed by atoms with Gasteiger partial charge in [0.15, 0.2) is 0 Å². The molecule has 58 valence electrons. The van der Waals surface area contributed by atoms with Crippen LogP contribution < -0.4 is 0 Å². The fourth-order valence-electron chi connectivity index (χ4n) is 1.50. The lowest BCUT2D eigenvalue weighted by molar-refractivity contribution is 0.685. The third-order valence-corrected chi connectivity index (χ3v) is 3.29. The molecule has 0 heterocycles. The van der Waals surface area contributed by atoms with E-state index >= 15 is 0 Å². The van der Waals surface area contributed by atoms with Crippen LogP contribution in [0.5, 0.6) is 0 Å². The van der Waals surface area contributed by atoms with Crippen LogP contribution in [0.25, 0.3) is 0 Å². The minimum atomic E-state index is -0.238. The molecule has 0 spiro atoms. The first-order valence-electron chi connectivity index (χ1n) is 4.16. The maximum Gasteiger partial charge on any atom is 0.129 e. The quantitative estimate of drug-likeness (QED) is 0.351. The van der Waals surface area contributed by atoms with Crippen LogP contribution in [-0.4, -0.2) is 8.83 Å². The molecule has 0 unspecified atom stereocenters. The van der Waals surface area contributed by atoms with Gasteiger partial charge >= 0.3 is 0 Å². The lowest BCUT2D eigenvalue weighted by atomic mass is 10.1. The summed E-state index contributed by atoms with van der Waals surface area (Å²) < 4.78 is 0. The summed E-state index contributed by atoms with van der Waals surface area (Å²) in [6, 6.07) is 1.18. The van der Waals surface area contributed by atoms with Gasteiger partial charge in [0.25, 0.3) is 0 Å². The molecule has 2 heteroatoms. The Labute approximate surface area is 70.2 Å².